The molecule has 1 N–H and O–H groups in total. The van der Waals surface area contributed by atoms with Gasteiger partial charge in [0.2, 0.25) is 5.91 Å². The number of anilines is 1. The van der Waals surface area contributed by atoms with Crippen molar-refractivity contribution >= 4 is 32.6 Å². The lowest BCUT2D eigenvalue weighted by Gasteiger charge is -2.37. The van der Waals surface area contributed by atoms with Gasteiger partial charge in [-0.05, 0) is 25.0 Å². The lowest BCUT2D eigenvalue weighted by atomic mass is 10.0. The standard InChI is InChI=1S/C15H17F2N3OS/c1-8-3-4-9(2)13-12(8)19-15(22-13)20-6-10(7-20)14(21)18-5-11(16)17/h3-4,10-11H,5-7H2,1-2H3,(H,18,21). The molecule has 1 aliphatic heterocycles. The summed E-state index contributed by atoms with van der Waals surface area (Å²) in [7, 11) is 0. The fourth-order valence-electron chi connectivity index (χ4n) is 2.51. The lowest BCUT2D eigenvalue weighted by molar-refractivity contribution is -0.126. The van der Waals surface area contributed by atoms with Gasteiger partial charge >= 0.3 is 0 Å². The number of carbonyl (C=O) groups is 1. The van der Waals surface area contributed by atoms with Crippen LogP contribution in [0.15, 0.2) is 12.1 Å². The highest BCUT2D eigenvalue weighted by Crippen LogP contribution is 2.35. The number of hydrogen-bond donors (Lipinski definition) is 1. The fraction of sp³-hybridized carbons (Fsp3) is 0.467. The minimum absolute atomic E-state index is 0.229. The van der Waals surface area contributed by atoms with Crippen molar-refractivity contribution in [3.63, 3.8) is 0 Å². The Hall–Kier alpha value is -1.76. The smallest absolute Gasteiger partial charge is 0.255 e. The van der Waals surface area contributed by atoms with E-state index < -0.39 is 13.0 Å². The van der Waals surface area contributed by atoms with Crippen LogP contribution in [0.2, 0.25) is 0 Å². The highest BCUT2D eigenvalue weighted by atomic mass is 32.1. The van der Waals surface area contributed by atoms with Gasteiger partial charge in [-0.25, -0.2) is 13.8 Å². The third-order valence-electron chi connectivity index (χ3n) is 3.88. The molecule has 22 heavy (non-hydrogen) atoms. The third-order valence-corrected chi connectivity index (χ3v) is 5.14. The first-order chi connectivity index (χ1) is 10.5. The molecule has 0 radical (unpaired) electrons. The van der Waals surface area contributed by atoms with Crippen LogP contribution in [0.3, 0.4) is 0 Å². The Balaban J connectivity index is 1.67. The molecule has 0 aliphatic carbocycles. The van der Waals surface area contributed by atoms with Crippen molar-refractivity contribution in [2.45, 2.75) is 20.3 Å². The van der Waals surface area contributed by atoms with Gasteiger partial charge in [0, 0.05) is 13.1 Å². The van der Waals surface area contributed by atoms with Crippen molar-refractivity contribution in [3.05, 3.63) is 23.3 Å². The molecule has 0 unspecified atom stereocenters. The fourth-order valence-corrected chi connectivity index (χ4v) is 3.64. The largest absolute Gasteiger partial charge is 0.350 e. The van der Waals surface area contributed by atoms with Crippen molar-refractivity contribution in [2.75, 3.05) is 24.5 Å². The van der Waals surface area contributed by atoms with Crippen LogP contribution in [-0.4, -0.2) is 37.0 Å². The van der Waals surface area contributed by atoms with E-state index in [9.17, 15) is 13.6 Å². The molecule has 0 saturated carbocycles. The molecule has 2 aromatic rings. The Morgan fingerprint density at radius 1 is 1.41 bits per heavy atom. The molecule has 1 aromatic heterocycles. The summed E-state index contributed by atoms with van der Waals surface area (Å²) in [5, 5.41) is 3.16. The number of aromatic nitrogens is 1. The summed E-state index contributed by atoms with van der Waals surface area (Å²) in [5.41, 5.74) is 3.33. The minimum atomic E-state index is -2.50. The van der Waals surface area contributed by atoms with E-state index in [2.05, 4.69) is 29.4 Å². The summed E-state index contributed by atoms with van der Waals surface area (Å²) < 4.78 is 25.3. The van der Waals surface area contributed by atoms with E-state index in [1.807, 2.05) is 11.8 Å². The van der Waals surface area contributed by atoms with Gasteiger partial charge in [0.05, 0.1) is 22.7 Å². The van der Waals surface area contributed by atoms with E-state index in [0.717, 1.165) is 16.2 Å². The lowest BCUT2D eigenvalue weighted by Crippen LogP contribution is -2.54. The SMILES string of the molecule is Cc1ccc(C)c2sc(N3CC(C(=O)NCC(F)F)C3)nc12. The highest BCUT2D eigenvalue weighted by molar-refractivity contribution is 7.22. The molecule has 2 heterocycles. The van der Waals surface area contributed by atoms with Crippen LogP contribution in [0.25, 0.3) is 10.2 Å². The number of halogens is 2. The van der Waals surface area contributed by atoms with Crippen LogP contribution >= 0.6 is 11.3 Å². The monoisotopic (exact) mass is 325 g/mol. The van der Waals surface area contributed by atoms with E-state index in [1.54, 1.807) is 11.3 Å². The number of nitrogens with zero attached hydrogens (tertiary/aromatic N) is 2. The molecule has 1 saturated heterocycles. The number of aryl methyl sites for hydroxylation is 2. The number of amides is 1. The van der Waals surface area contributed by atoms with Gasteiger partial charge in [-0.1, -0.05) is 23.5 Å². The van der Waals surface area contributed by atoms with Crippen LogP contribution in [-0.2, 0) is 4.79 Å². The minimum Gasteiger partial charge on any atom is -0.350 e. The van der Waals surface area contributed by atoms with Crippen molar-refractivity contribution < 1.29 is 13.6 Å². The first-order valence-corrected chi connectivity index (χ1v) is 7.95. The van der Waals surface area contributed by atoms with E-state index >= 15 is 0 Å². The second-order valence-electron chi connectivity index (χ2n) is 5.61. The average Bonchev–Trinajstić information content (AvgIpc) is 2.85. The number of alkyl halides is 2. The maximum atomic E-state index is 12.1. The first kappa shape index (κ1) is 15.1. The summed E-state index contributed by atoms with van der Waals surface area (Å²) in [6.07, 6.45) is -2.50. The summed E-state index contributed by atoms with van der Waals surface area (Å²) in [6, 6.07) is 4.13. The Morgan fingerprint density at radius 3 is 2.73 bits per heavy atom. The zero-order valence-electron chi connectivity index (χ0n) is 12.4. The molecule has 1 aromatic carbocycles. The molecule has 1 fully saturated rings. The van der Waals surface area contributed by atoms with E-state index in [4.69, 9.17) is 0 Å². The molecule has 0 spiro atoms. The summed E-state index contributed by atoms with van der Waals surface area (Å²) in [5.74, 6) is -0.530. The number of fused-ring (bicyclic) bond motifs is 1. The maximum Gasteiger partial charge on any atom is 0.255 e. The van der Waals surface area contributed by atoms with Crippen molar-refractivity contribution in [3.8, 4) is 0 Å². The zero-order valence-corrected chi connectivity index (χ0v) is 13.2. The van der Waals surface area contributed by atoms with E-state index in [1.165, 1.54) is 10.3 Å². The molecule has 1 aliphatic rings. The number of rotatable bonds is 4. The molecule has 118 valence electrons. The van der Waals surface area contributed by atoms with Crippen LogP contribution in [0.4, 0.5) is 13.9 Å². The molecule has 7 heteroatoms. The highest BCUT2D eigenvalue weighted by Gasteiger charge is 2.34. The van der Waals surface area contributed by atoms with Gasteiger partial charge in [-0.3, -0.25) is 4.79 Å². The summed E-state index contributed by atoms with van der Waals surface area (Å²) in [4.78, 5) is 18.4. The Kier molecular flexibility index (Phi) is 3.99. The van der Waals surface area contributed by atoms with Gasteiger partial charge in [0.15, 0.2) is 5.13 Å². The Morgan fingerprint density at radius 2 is 2.09 bits per heavy atom. The normalized spacial score (nSPS) is 15.4. The maximum absolute atomic E-state index is 12.1. The van der Waals surface area contributed by atoms with Gasteiger partial charge in [0.1, 0.15) is 0 Å². The molecule has 0 atom stereocenters. The first-order valence-electron chi connectivity index (χ1n) is 7.13. The van der Waals surface area contributed by atoms with Crippen LogP contribution in [0, 0.1) is 19.8 Å². The van der Waals surface area contributed by atoms with Crippen molar-refractivity contribution in [1.29, 1.82) is 0 Å². The summed E-state index contributed by atoms with van der Waals surface area (Å²) in [6.45, 7) is 4.58. The summed E-state index contributed by atoms with van der Waals surface area (Å²) >= 11 is 1.62. The van der Waals surface area contributed by atoms with Crippen LogP contribution in [0.1, 0.15) is 11.1 Å². The molecule has 3 rings (SSSR count). The van der Waals surface area contributed by atoms with Gasteiger partial charge in [0.25, 0.3) is 6.43 Å². The van der Waals surface area contributed by atoms with Crippen LogP contribution < -0.4 is 10.2 Å². The predicted molar refractivity (Wildman–Crippen MR) is 83.8 cm³/mol. The second kappa shape index (κ2) is 5.79. The Bertz CT molecular complexity index is 671. The third kappa shape index (κ3) is 2.77. The van der Waals surface area contributed by atoms with E-state index in [0.29, 0.717) is 13.1 Å². The van der Waals surface area contributed by atoms with Gasteiger partial charge in [-0.15, -0.1) is 0 Å². The number of nitrogens with one attached hydrogen (secondary N) is 1. The molecular formula is C15H17F2N3OS. The number of benzene rings is 1. The quantitative estimate of drug-likeness (QED) is 0.940. The molecule has 1 amide bonds. The topological polar surface area (TPSA) is 45.2 Å². The number of thiazole rings is 1. The second-order valence-corrected chi connectivity index (χ2v) is 6.59. The Labute approximate surface area is 131 Å². The van der Waals surface area contributed by atoms with Gasteiger partial charge in [-0.2, -0.15) is 0 Å². The van der Waals surface area contributed by atoms with Crippen LogP contribution in [0.5, 0.6) is 0 Å². The molecular weight excluding hydrogens is 308 g/mol. The molecule has 0 bridgehead atoms. The van der Waals surface area contributed by atoms with E-state index in [-0.39, 0.29) is 11.8 Å². The predicted octanol–water partition coefficient (Wildman–Crippen LogP) is 2.73. The zero-order chi connectivity index (χ0) is 15.9. The van der Waals surface area contributed by atoms with Crippen molar-refractivity contribution in [1.82, 2.24) is 10.3 Å². The van der Waals surface area contributed by atoms with Gasteiger partial charge < -0.3 is 10.2 Å². The number of carbonyl (C=O) groups excluding carboxylic acids is 1. The number of hydrogen-bond acceptors (Lipinski definition) is 4. The average molecular weight is 325 g/mol. The van der Waals surface area contributed by atoms with Crippen molar-refractivity contribution in [2.24, 2.45) is 5.92 Å². The molecule has 4 nitrogen and oxygen atoms in total.